The van der Waals surface area contributed by atoms with Crippen LogP contribution in [-0.4, -0.2) is 34.0 Å². The number of ether oxygens (including phenoxy) is 2. The second kappa shape index (κ2) is 4.80. The molecule has 0 saturated heterocycles. The molecule has 0 bridgehead atoms. The number of aliphatic imine (C=N–C) groups is 1. The molecule has 18 heavy (non-hydrogen) atoms. The highest BCUT2D eigenvalue weighted by Crippen LogP contribution is 2.39. The third-order valence-corrected chi connectivity index (χ3v) is 3.62. The van der Waals surface area contributed by atoms with Crippen LogP contribution in [0.1, 0.15) is 5.56 Å². The van der Waals surface area contributed by atoms with Gasteiger partial charge in [0.25, 0.3) is 0 Å². The molecule has 1 heterocycles. The van der Waals surface area contributed by atoms with E-state index in [1.807, 2.05) is 0 Å². The number of carbonyl (C=O) groups excluding carboxylic acids is 1. The normalized spacial score (nSPS) is 13.8. The number of nitrogens with zero attached hydrogens (tertiary/aromatic N) is 1. The molecule has 0 amide bonds. The molecule has 0 unspecified atom stereocenters. The topological polar surface area (TPSA) is 82.0 Å². The molecule has 0 atom stereocenters. The van der Waals surface area contributed by atoms with E-state index in [1.54, 1.807) is 12.1 Å². The maximum atomic E-state index is 11.8. The standard InChI is InChI=1S/C11H11NO5S/c1-18(14,15)11-8(6-12-7-13)2-3-9-10(11)17-5-4-16-9/h2-3H,4-6H2,1H3. The van der Waals surface area contributed by atoms with Crippen LogP contribution in [0, 0.1) is 0 Å². The molecule has 1 aromatic rings. The average Bonchev–Trinajstić information content (AvgIpc) is 2.34. The number of isocyanates is 1. The first-order valence-electron chi connectivity index (χ1n) is 5.19. The van der Waals surface area contributed by atoms with E-state index in [0.29, 0.717) is 17.9 Å². The van der Waals surface area contributed by atoms with E-state index in [4.69, 9.17) is 9.47 Å². The molecule has 0 fully saturated rings. The van der Waals surface area contributed by atoms with Crippen LogP contribution in [-0.2, 0) is 21.2 Å². The Hall–Kier alpha value is -1.85. The molecule has 1 aliphatic rings. The van der Waals surface area contributed by atoms with E-state index >= 15 is 0 Å². The van der Waals surface area contributed by atoms with Crippen LogP contribution < -0.4 is 9.47 Å². The SMILES string of the molecule is CS(=O)(=O)c1c(CN=C=O)ccc2c1OCCO2. The molecular weight excluding hydrogens is 258 g/mol. The molecule has 6 nitrogen and oxygen atoms in total. The average molecular weight is 269 g/mol. The van der Waals surface area contributed by atoms with Crippen LogP contribution in [0.4, 0.5) is 0 Å². The summed E-state index contributed by atoms with van der Waals surface area (Å²) in [5.41, 5.74) is 0.394. The fourth-order valence-corrected chi connectivity index (χ4v) is 2.88. The van der Waals surface area contributed by atoms with Crippen LogP contribution in [0.25, 0.3) is 0 Å². The van der Waals surface area contributed by atoms with E-state index < -0.39 is 9.84 Å². The second-order valence-electron chi connectivity index (χ2n) is 3.76. The molecule has 0 spiro atoms. The van der Waals surface area contributed by atoms with Gasteiger partial charge in [-0.05, 0) is 11.6 Å². The fraction of sp³-hybridized carbons (Fsp3) is 0.364. The minimum absolute atomic E-state index is 0.0266. The van der Waals surface area contributed by atoms with Crippen molar-refractivity contribution < 1.29 is 22.7 Å². The molecule has 0 N–H and O–H groups in total. The lowest BCUT2D eigenvalue weighted by atomic mass is 10.2. The number of hydrogen-bond acceptors (Lipinski definition) is 6. The third kappa shape index (κ3) is 2.37. The van der Waals surface area contributed by atoms with Crippen molar-refractivity contribution >= 4 is 15.9 Å². The van der Waals surface area contributed by atoms with E-state index in [-0.39, 0.29) is 23.8 Å². The number of benzene rings is 1. The summed E-state index contributed by atoms with van der Waals surface area (Å²) in [6.07, 6.45) is 2.46. The van der Waals surface area contributed by atoms with E-state index in [9.17, 15) is 13.2 Å². The summed E-state index contributed by atoms with van der Waals surface area (Å²) in [6.45, 7) is 0.612. The van der Waals surface area contributed by atoms with Crippen LogP contribution in [0.3, 0.4) is 0 Å². The molecule has 1 aliphatic heterocycles. The van der Waals surface area contributed by atoms with Gasteiger partial charge in [-0.15, -0.1) is 0 Å². The lowest BCUT2D eigenvalue weighted by molar-refractivity contribution is 0.166. The van der Waals surface area contributed by atoms with Crippen molar-refractivity contribution in [3.8, 4) is 11.5 Å². The Bertz CT molecular complexity index is 617. The first-order chi connectivity index (χ1) is 8.54. The number of fused-ring (bicyclic) bond motifs is 1. The van der Waals surface area contributed by atoms with Gasteiger partial charge in [-0.3, -0.25) is 0 Å². The van der Waals surface area contributed by atoms with Crippen molar-refractivity contribution in [2.75, 3.05) is 19.5 Å². The van der Waals surface area contributed by atoms with Crippen LogP contribution in [0.15, 0.2) is 22.0 Å². The maximum Gasteiger partial charge on any atom is 0.235 e. The Morgan fingerprint density at radius 1 is 1.33 bits per heavy atom. The second-order valence-corrected chi connectivity index (χ2v) is 5.71. The van der Waals surface area contributed by atoms with Gasteiger partial charge in [0.15, 0.2) is 21.3 Å². The summed E-state index contributed by atoms with van der Waals surface area (Å²) in [7, 11) is -3.50. The number of rotatable bonds is 3. The largest absolute Gasteiger partial charge is 0.486 e. The Balaban J connectivity index is 2.64. The maximum absolute atomic E-state index is 11.8. The first kappa shape index (κ1) is 12.6. The molecule has 1 aromatic carbocycles. The van der Waals surface area contributed by atoms with Crippen molar-refractivity contribution in [1.82, 2.24) is 0 Å². The van der Waals surface area contributed by atoms with Gasteiger partial charge in [0.1, 0.15) is 18.1 Å². The minimum Gasteiger partial charge on any atom is -0.486 e. The summed E-state index contributed by atoms with van der Waals surface area (Å²) in [4.78, 5) is 13.6. The Labute approximate surface area is 104 Å². The zero-order valence-electron chi connectivity index (χ0n) is 9.67. The van der Waals surface area contributed by atoms with E-state index in [0.717, 1.165) is 6.26 Å². The highest BCUT2D eigenvalue weighted by atomic mass is 32.2. The highest BCUT2D eigenvalue weighted by molar-refractivity contribution is 7.90. The van der Waals surface area contributed by atoms with Gasteiger partial charge in [-0.2, -0.15) is 0 Å². The van der Waals surface area contributed by atoms with Gasteiger partial charge in [0, 0.05) is 6.26 Å². The van der Waals surface area contributed by atoms with Gasteiger partial charge in [-0.1, -0.05) is 6.07 Å². The Morgan fingerprint density at radius 2 is 2.06 bits per heavy atom. The summed E-state index contributed by atoms with van der Waals surface area (Å²) < 4.78 is 34.3. The van der Waals surface area contributed by atoms with Gasteiger partial charge in [0.2, 0.25) is 6.08 Å². The molecule has 96 valence electrons. The number of hydrogen-bond donors (Lipinski definition) is 0. The summed E-state index contributed by atoms with van der Waals surface area (Å²) in [5, 5.41) is 0. The highest BCUT2D eigenvalue weighted by Gasteiger charge is 2.25. The predicted octanol–water partition coefficient (Wildman–Crippen LogP) is 0.697. The fourth-order valence-electron chi connectivity index (χ4n) is 1.78. The lowest BCUT2D eigenvalue weighted by Gasteiger charge is -2.21. The molecule has 0 saturated carbocycles. The van der Waals surface area contributed by atoms with Crippen molar-refractivity contribution in [1.29, 1.82) is 0 Å². The predicted molar refractivity (Wildman–Crippen MR) is 62.4 cm³/mol. The van der Waals surface area contributed by atoms with Gasteiger partial charge >= 0.3 is 0 Å². The summed E-state index contributed by atoms with van der Waals surface area (Å²) >= 11 is 0. The monoisotopic (exact) mass is 269 g/mol. The first-order valence-corrected chi connectivity index (χ1v) is 7.08. The van der Waals surface area contributed by atoms with E-state index in [1.165, 1.54) is 6.08 Å². The quantitative estimate of drug-likeness (QED) is 0.596. The zero-order valence-corrected chi connectivity index (χ0v) is 10.5. The van der Waals surface area contributed by atoms with Crippen molar-refractivity contribution in [2.24, 2.45) is 4.99 Å². The lowest BCUT2D eigenvalue weighted by Crippen LogP contribution is -2.18. The van der Waals surface area contributed by atoms with Crippen LogP contribution >= 0.6 is 0 Å². The summed E-state index contributed by atoms with van der Waals surface area (Å²) in [6, 6.07) is 3.17. The number of sulfone groups is 1. The van der Waals surface area contributed by atoms with Crippen LogP contribution in [0.5, 0.6) is 11.5 Å². The van der Waals surface area contributed by atoms with Crippen molar-refractivity contribution in [3.63, 3.8) is 0 Å². The molecule has 2 rings (SSSR count). The molecule has 7 heteroatoms. The smallest absolute Gasteiger partial charge is 0.235 e. The Morgan fingerprint density at radius 3 is 2.72 bits per heavy atom. The Kier molecular flexibility index (Phi) is 3.36. The van der Waals surface area contributed by atoms with Gasteiger partial charge < -0.3 is 9.47 Å². The molecule has 0 aliphatic carbocycles. The summed E-state index contributed by atoms with van der Waals surface area (Å²) in [5.74, 6) is 0.586. The minimum atomic E-state index is -3.50. The molecule has 0 radical (unpaired) electrons. The van der Waals surface area contributed by atoms with Crippen LogP contribution in [0.2, 0.25) is 0 Å². The van der Waals surface area contributed by atoms with E-state index in [2.05, 4.69) is 4.99 Å². The van der Waals surface area contributed by atoms with Crippen molar-refractivity contribution in [2.45, 2.75) is 11.4 Å². The zero-order chi connectivity index (χ0) is 13.2. The van der Waals surface area contributed by atoms with Crippen molar-refractivity contribution in [3.05, 3.63) is 17.7 Å². The molecular formula is C11H11NO5S. The van der Waals surface area contributed by atoms with Gasteiger partial charge in [-0.25, -0.2) is 18.2 Å². The molecule has 0 aromatic heterocycles. The van der Waals surface area contributed by atoms with Gasteiger partial charge in [0.05, 0.1) is 6.54 Å². The third-order valence-electron chi connectivity index (χ3n) is 2.43.